The van der Waals surface area contributed by atoms with E-state index in [1.165, 1.54) is 0 Å². The first-order valence-electron chi connectivity index (χ1n) is 10.2. The molecule has 1 unspecified atom stereocenters. The molecule has 0 bridgehead atoms. The molecule has 1 fully saturated rings. The fourth-order valence-electron chi connectivity index (χ4n) is 3.55. The minimum Gasteiger partial charge on any atom is -0.451 e. The molecule has 0 spiro atoms. The summed E-state index contributed by atoms with van der Waals surface area (Å²) in [6.07, 6.45) is 5.42. The fourth-order valence-corrected chi connectivity index (χ4v) is 3.55. The first-order chi connectivity index (χ1) is 12.4. The first kappa shape index (κ1) is 23.7. The van der Waals surface area contributed by atoms with Crippen molar-refractivity contribution in [3.05, 3.63) is 11.6 Å². The van der Waals surface area contributed by atoms with Crippen LogP contribution in [0.15, 0.2) is 11.6 Å². The molecular weight excluding hydrogens is 342 g/mol. The van der Waals surface area contributed by atoms with E-state index < -0.39 is 11.0 Å². The van der Waals surface area contributed by atoms with Gasteiger partial charge in [-0.15, -0.1) is 0 Å². The Balaban J connectivity index is 2.78. The van der Waals surface area contributed by atoms with Gasteiger partial charge in [-0.2, -0.15) is 0 Å². The quantitative estimate of drug-likeness (QED) is 0.470. The predicted molar refractivity (Wildman–Crippen MR) is 108 cm³/mol. The first-order valence-corrected chi connectivity index (χ1v) is 10.2. The van der Waals surface area contributed by atoms with Crippen molar-refractivity contribution in [1.29, 1.82) is 0 Å². The van der Waals surface area contributed by atoms with E-state index in [-0.39, 0.29) is 25.0 Å². The number of aliphatic hydroxyl groups is 1. The Kier molecular flexibility index (Phi) is 8.52. The molecule has 0 aromatic rings. The van der Waals surface area contributed by atoms with Gasteiger partial charge in [0.15, 0.2) is 5.60 Å². The van der Waals surface area contributed by atoms with Crippen molar-refractivity contribution < 1.29 is 19.4 Å². The van der Waals surface area contributed by atoms with E-state index in [2.05, 4.69) is 33.0 Å². The minimum absolute atomic E-state index is 0.127. The third kappa shape index (κ3) is 7.65. The van der Waals surface area contributed by atoms with Gasteiger partial charge in [0.25, 0.3) is 0 Å². The van der Waals surface area contributed by atoms with Crippen molar-refractivity contribution in [2.45, 2.75) is 79.8 Å². The van der Waals surface area contributed by atoms with Crippen LogP contribution in [0.5, 0.6) is 0 Å². The van der Waals surface area contributed by atoms with Gasteiger partial charge in [-0.25, -0.2) is 4.79 Å². The molecule has 5 heteroatoms. The molecule has 0 saturated carbocycles. The minimum atomic E-state index is -1.05. The van der Waals surface area contributed by atoms with Gasteiger partial charge >= 0.3 is 5.97 Å². The number of rotatable bonds is 9. The summed E-state index contributed by atoms with van der Waals surface area (Å²) in [4.78, 5) is 24.4. The summed E-state index contributed by atoms with van der Waals surface area (Å²) >= 11 is 0. The van der Waals surface area contributed by atoms with Gasteiger partial charge in [0.05, 0.1) is 13.2 Å². The SMILES string of the molecule is CC(C)CC(C/C=C1\CC(CO)(CNC(=O)C(C)(C)C)OC1=O)CC(C)C. The molecule has 0 aromatic carbocycles. The van der Waals surface area contributed by atoms with E-state index in [0.29, 0.717) is 29.7 Å². The van der Waals surface area contributed by atoms with Crippen LogP contribution in [0.3, 0.4) is 0 Å². The zero-order chi connectivity index (χ0) is 20.8. The topological polar surface area (TPSA) is 75.6 Å². The van der Waals surface area contributed by atoms with E-state index in [1.54, 1.807) is 0 Å². The zero-order valence-electron chi connectivity index (χ0n) is 18.2. The summed E-state index contributed by atoms with van der Waals surface area (Å²) in [5, 5.41) is 12.6. The molecule has 1 heterocycles. The number of hydrogen-bond donors (Lipinski definition) is 2. The second-order valence-corrected chi connectivity index (χ2v) is 9.93. The number of esters is 1. The van der Waals surface area contributed by atoms with Gasteiger partial charge in [-0.05, 0) is 37.0 Å². The summed E-state index contributed by atoms with van der Waals surface area (Å²) in [7, 11) is 0. The Morgan fingerprint density at radius 1 is 1.22 bits per heavy atom. The van der Waals surface area contributed by atoms with Gasteiger partial charge in [0, 0.05) is 17.4 Å². The second-order valence-electron chi connectivity index (χ2n) is 9.93. The van der Waals surface area contributed by atoms with Crippen LogP contribution in [0, 0.1) is 23.2 Å². The van der Waals surface area contributed by atoms with Crippen LogP contribution in [0.1, 0.15) is 74.1 Å². The molecular formula is C22H39NO4. The maximum atomic E-state index is 12.3. The van der Waals surface area contributed by atoms with Crippen LogP contribution in [0.25, 0.3) is 0 Å². The van der Waals surface area contributed by atoms with Crippen LogP contribution in [0.2, 0.25) is 0 Å². The normalized spacial score (nSPS) is 22.2. The van der Waals surface area contributed by atoms with Crippen molar-refractivity contribution in [2.75, 3.05) is 13.2 Å². The van der Waals surface area contributed by atoms with Crippen molar-refractivity contribution in [3.63, 3.8) is 0 Å². The van der Waals surface area contributed by atoms with E-state index in [9.17, 15) is 14.7 Å². The molecule has 1 aliphatic rings. The summed E-state index contributed by atoms with van der Waals surface area (Å²) in [6.45, 7) is 14.2. The highest BCUT2D eigenvalue weighted by atomic mass is 16.6. The lowest BCUT2D eigenvalue weighted by molar-refractivity contribution is -0.151. The molecule has 1 aliphatic heterocycles. The van der Waals surface area contributed by atoms with Gasteiger partial charge < -0.3 is 15.2 Å². The van der Waals surface area contributed by atoms with Crippen LogP contribution in [-0.4, -0.2) is 35.7 Å². The Labute approximate surface area is 164 Å². The van der Waals surface area contributed by atoms with Gasteiger partial charge in [-0.1, -0.05) is 54.5 Å². The van der Waals surface area contributed by atoms with E-state index in [4.69, 9.17) is 4.74 Å². The van der Waals surface area contributed by atoms with Crippen molar-refractivity contribution in [1.82, 2.24) is 5.32 Å². The number of amides is 1. The van der Waals surface area contributed by atoms with Crippen LogP contribution < -0.4 is 5.32 Å². The molecule has 1 amide bonds. The lowest BCUT2D eigenvalue weighted by Crippen LogP contribution is -2.48. The molecule has 0 aromatic heterocycles. The number of nitrogens with one attached hydrogen (secondary N) is 1. The summed E-state index contributed by atoms with van der Waals surface area (Å²) in [5.74, 6) is 1.27. The lowest BCUT2D eigenvalue weighted by atomic mass is 9.86. The largest absolute Gasteiger partial charge is 0.451 e. The highest BCUT2D eigenvalue weighted by molar-refractivity contribution is 5.91. The number of carbonyl (C=O) groups is 2. The standard InChI is InChI=1S/C22H39NO4/c1-15(2)10-17(11-16(3)4)8-9-18-12-22(14-24,27-19(18)25)13-23-20(26)21(5,6)7/h9,15-17,24H,8,10-14H2,1-7H3,(H,23,26)/b18-9+. The molecule has 0 radical (unpaired) electrons. The molecule has 5 nitrogen and oxygen atoms in total. The van der Waals surface area contributed by atoms with Crippen LogP contribution >= 0.6 is 0 Å². The van der Waals surface area contributed by atoms with E-state index in [0.717, 1.165) is 19.3 Å². The molecule has 2 N–H and O–H groups in total. The van der Waals surface area contributed by atoms with Gasteiger partial charge in [-0.3, -0.25) is 4.79 Å². The Morgan fingerprint density at radius 2 is 1.78 bits per heavy atom. The average Bonchev–Trinajstić information content (AvgIpc) is 2.85. The highest BCUT2D eigenvalue weighted by Crippen LogP contribution is 2.32. The number of allylic oxidation sites excluding steroid dienone is 1. The van der Waals surface area contributed by atoms with Gasteiger partial charge in [0.2, 0.25) is 5.91 Å². The maximum Gasteiger partial charge on any atom is 0.334 e. The monoisotopic (exact) mass is 381 g/mol. The Hall–Kier alpha value is -1.36. The average molecular weight is 382 g/mol. The number of cyclic esters (lactones) is 1. The molecule has 1 saturated heterocycles. The fraction of sp³-hybridized carbons (Fsp3) is 0.818. The molecule has 0 aliphatic carbocycles. The number of ether oxygens (including phenoxy) is 1. The Morgan fingerprint density at radius 3 is 2.22 bits per heavy atom. The predicted octanol–water partition coefficient (Wildman–Crippen LogP) is 3.85. The van der Waals surface area contributed by atoms with Crippen LogP contribution in [0.4, 0.5) is 0 Å². The lowest BCUT2D eigenvalue weighted by Gasteiger charge is -2.27. The highest BCUT2D eigenvalue weighted by Gasteiger charge is 2.44. The summed E-state index contributed by atoms with van der Waals surface area (Å²) in [6, 6.07) is 0. The number of carbonyl (C=O) groups excluding carboxylic acids is 2. The smallest absolute Gasteiger partial charge is 0.334 e. The molecule has 1 rings (SSSR count). The van der Waals surface area contributed by atoms with Gasteiger partial charge in [0.1, 0.15) is 0 Å². The summed E-state index contributed by atoms with van der Waals surface area (Å²) in [5.41, 5.74) is -0.958. The third-order valence-corrected chi connectivity index (χ3v) is 4.93. The van der Waals surface area contributed by atoms with Crippen LogP contribution in [-0.2, 0) is 14.3 Å². The molecule has 27 heavy (non-hydrogen) atoms. The Bertz CT molecular complexity index is 535. The van der Waals surface area contributed by atoms with E-state index >= 15 is 0 Å². The molecule has 156 valence electrons. The van der Waals surface area contributed by atoms with E-state index in [1.807, 2.05) is 26.8 Å². The van der Waals surface area contributed by atoms with Crippen molar-refractivity contribution in [2.24, 2.45) is 23.2 Å². The van der Waals surface area contributed by atoms with Crippen molar-refractivity contribution >= 4 is 11.9 Å². The molecule has 1 atom stereocenters. The van der Waals surface area contributed by atoms with Crippen molar-refractivity contribution in [3.8, 4) is 0 Å². The maximum absolute atomic E-state index is 12.3. The number of aliphatic hydroxyl groups excluding tert-OH is 1. The number of hydrogen-bond acceptors (Lipinski definition) is 4. The second kappa shape index (κ2) is 9.72. The summed E-state index contributed by atoms with van der Waals surface area (Å²) < 4.78 is 5.50. The zero-order valence-corrected chi connectivity index (χ0v) is 18.2. The third-order valence-electron chi connectivity index (χ3n) is 4.93.